The summed E-state index contributed by atoms with van der Waals surface area (Å²) in [4.78, 5) is 23.8. The molecule has 0 saturated carbocycles. The average molecular weight is 434 g/mol. The van der Waals surface area contributed by atoms with Crippen LogP contribution in [0.4, 0.5) is 0 Å². The van der Waals surface area contributed by atoms with Crippen LogP contribution >= 0.6 is 0 Å². The van der Waals surface area contributed by atoms with Crippen LogP contribution in [0.1, 0.15) is 12.8 Å². The second kappa shape index (κ2) is 7.60. The molecule has 0 radical (unpaired) electrons. The Balaban J connectivity index is 1.67. The summed E-state index contributed by atoms with van der Waals surface area (Å²) in [7, 11) is -4.08. The molecule has 10 nitrogen and oxygen atoms in total. The van der Waals surface area contributed by atoms with Gasteiger partial charge in [0.1, 0.15) is 19.1 Å². The van der Waals surface area contributed by atoms with Crippen molar-refractivity contribution in [1.29, 1.82) is 0 Å². The standard InChI is InChI=1S/C19H22N4O6S/c24-18-8-7-17(23(27)11-15(19(25)26)10-20-12-22(18)23)21-30(28,29)16-6-5-13-3-1-2-4-14(13)9-16/h1-6,9,15,17,20-21H,7-8,10-12H2,(H,25,26). The number of hydrogen-bond acceptors (Lipinski definition) is 6. The minimum Gasteiger partial charge on any atom is -0.605 e. The highest BCUT2D eigenvalue weighted by Gasteiger charge is 2.48. The molecule has 3 atom stereocenters. The number of nitrogens with zero attached hydrogens (tertiary/aromatic N) is 2. The molecule has 0 bridgehead atoms. The summed E-state index contributed by atoms with van der Waals surface area (Å²) in [5.41, 5.74) is 0. The van der Waals surface area contributed by atoms with Gasteiger partial charge in [-0.1, -0.05) is 30.3 Å². The molecule has 2 saturated heterocycles. The Kier molecular flexibility index (Phi) is 5.24. The Labute approximate surface area is 173 Å². The molecular formula is C19H22N4O6S. The maximum atomic E-state index is 13.7. The van der Waals surface area contributed by atoms with Crippen molar-refractivity contribution >= 4 is 32.7 Å². The first-order chi connectivity index (χ1) is 14.2. The van der Waals surface area contributed by atoms with Crippen LogP contribution in [0.25, 0.3) is 10.8 Å². The largest absolute Gasteiger partial charge is 0.605 e. The second-order valence-electron chi connectivity index (χ2n) is 7.56. The van der Waals surface area contributed by atoms with Gasteiger partial charge < -0.3 is 10.3 Å². The Bertz CT molecular complexity index is 1110. The highest BCUT2D eigenvalue weighted by molar-refractivity contribution is 7.89. The maximum absolute atomic E-state index is 13.7. The molecule has 2 aromatic rings. The van der Waals surface area contributed by atoms with Crippen LogP contribution < -0.4 is 10.0 Å². The lowest BCUT2D eigenvalue weighted by molar-refractivity contribution is -1.01. The monoisotopic (exact) mass is 434 g/mol. The topological polar surface area (TPSA) is 139 Å². The Morgan fingerprint density at radius 1 is 1.23 bits per heavy atom. The van der Waals surface area contributed by atoms with Crippen LogP contribution in [0.3, 0.4) is 0 Å². The molecule has 0 aliphatic carbocycles. The number of benzene rings is 2. The van der Waals surface area contributed by atoms with E-state index in [4.69, 9.17) is 0 Å². The minimum atomic E-state index is -4.08. The average Bonchev–Trinajstić information content (AvgIpc) is 2.90. The van der Waals surface area contributed by atoms with Gasteiger partial charge in [0.05, 0.1) is 4.90 Å². The predicted octanol–water partition coefficient (Wildman–Crippen LogP) is 0.558. The first kappa shape index (κ1) is 20.7. The van der Waals surface area contributed by atoms with Crippen molar-refractivity contribution in [3.63, 3.8) is 0 Å². The molecular weight excluding hydrogens is 412 g/mol. The quantitative estimate of drug-likeness (QED) is 0.472. The van der Waals surface area contributed by atoms with Gasteiger partial charge in [-0.3, -0.25) is 14.9 Å². The summed E-state index contributed by atoms with van der Waals surface area (Å²) >= 11 is 0. The van der Waals surface area contributed by atoms with E-state index in [1.165, 1.54) is 12.1 Å². The number of hydrogen-bond donors (Lipinski definition) is 3. The van der Waals surface area contributed by atoms with Gasteiger partial charge in [0.2, 0.25) is 10.0 Å². The first-order valence-corrected chi connectivity index (χ1v) is 11.0. The molecule has 1 amide bonds. The molecule has 11 heteroatoms. The summed E-state index contributed by atoms with van der Waals surface area (Å²) < 4.78 is 27.2. The summed E-state index contributed by atoms with van der Waals surface area (Å²) in [5, 5.41) is 28.5. The fourth-order valence-electron chi connectivity index (χ4n) is 4.00. The molecule has 30 heavy (non-hydrogen) atoms. The number of aliphatic carboxylic acids is 1. The molecule has 2 fully saturated rings. The number of nitrogens with one attached hydrogen (secondary N) is 2. The summed E-state index contributed by atoms with van der Waals surface area (Å²) in [6, 6.07) is 11.9. The van der Waals surface area contributed by atoms with Crippen LogP contribution in [0, 0.1) is 11.1 Å². The third-order valence-corrected chi connectivity index (χ3v) is 7.08. The van der Waals surface area contributed by atoms with Gasteiger partial charge in [0, 0.05) is 19.4 Å². The van der Waals surface area contributed by atoms with Gasteiger partial charge in [-0.2, -0.15) is 9.73 Å². The maximum Gasteiger partial charge on any atom is 0.313 e. The van der Waals surface area contributed by atoms with E-state index >= 15 is 0 Å². The van der Waals surface area contributed by atoms with Crippen molar-refractivity contribution in [3.05, 3.63) is 47.7 Å². The predicted molar refractivity (Wildman–Crippen MR) is 107 cm³/mol. The van der Waals surface area contributed by atoms with E-state index in [9.17, 15) is 28.3 Å². The van der Waals surface area contributed by atoms with Crippen molar-refractivity contribution in [2.24, 2.45) is 5.92 Å². The number of carbonyl (C=O) groups is 2. The number of quaternary nitrogens is 1. The lowest BCUT2D eigenvalue weighted by Crippen LogP contribution is -2.71. The third-order valence-electron chi connectivity index (χ3n) is 5.62. The van der Waals surface area contributed by atoms with Crippen molar-refractivity contribution in [1.82, 2.24) is 15.0 Å². The molecule has 2 aliphatic heterocycles. The Morgan fingerprint density at radius 3 is 2.70 bits per heavy atom. The second-order valence-corrected chi connectivity index (χ2v) is 9.28. The zero-order valence-electron chi connectivity index (χ0n) is 16.0. The van der Waals surface area contributed by atoms with E-state index in [2.05, 4.69) is 10.0 Å². The van der Waals surface area contributed by atoms with E-state index in [1.54, 1.807) is 18.2 Å². The zero-order valence-corrected chi connectivity index (χ0v) is 16.8. The van der Waals surface area contributed by atoms with Crippen molar-refractivity contribution in [3.8, 4) is 0 Å². The third kappa shape index (κ3) is 3.66. The molecule has 0 aromatic heterocycles. The fourth-order valence-corrected chi connectivity index (χ4v) is 5.30. The molecule has 3 unspecified atom stereocenters. The number of hydroxylamine groups is 2. The van der Waals surface area contributed by atoms with Gasteiger partial charge in [0.15, 0.2) is 6.17 Å². The summed E-state index contributed by atoms with van der Waals surface area (Å²) in [5.74, 6) is -2.66. The van der Waals surface area contributed by atoms with E-state index < -0.39 is 45.3 Å². The highest BCUT2D eigenvalue weighted by atomic mass is 32.2. The number of rotatable bonds is 4. The van der Waals surface area contributed by atoms with Crippen LogP contribution in [-0.2, 0) is 19.6 Å². The van der Waals surface area contributed by atoms with E-state index in [0.29, 0.717) is 0 Å². The lowest BCUT2D eigenvalue weighted by atomic mass is 10.1. The number of carboxylic acid groups (broad SMARTS) is 1. The fraction of sp³-hybridized carbons (Fsp3) is 0.368. The van der Waals surface area contributed by atoms with Crippen LogP contribution in [0.15, 0.2) is 47.4 Å². The van der Waals surface area contributed by atoms with Crippen LogP contribution in [0.2, 0.25) is 0 Å². The summed E-state index contributed by atoms with van der Waals surface area (Å²) in [6.07, 6.45) is -1.23. The van der Waals surface area contributed by atoms with Gasteiger partial charge in [-0.25, -0.2) is 13.2 Å². The van der Waals surface area contributed by atoms with Gasteiger partial charge in [0.25, 0.3) is 5.91 Å². The van der Waals surface area contributed by atoms with Gasteiger partial charge in [-0.05, 0) is 22.9 Å². The molecule has 2 aromatic carbocycles. The SMILES string of the molecule is O=C(O)C1CNCN2C(=O)CCC(NS(=O)(=O)c3ccc4ccccc4c3)[N+]2([O-])C1. The molecule has 3 N–H and O–H groups in total. The molecule has 2 heterocycles. The smallest absolute Gasteiger partial charge is 0.313 e. The molecule has 4 rings (SSSR count). The lowest BCUT2D eigenvalue weighted by Gasteiger charge is -2.54. The highest BCUT2D eigenvalue weighted by Crippen LogP contribution is 2.30. The molecule has 2 aliphatic rings. The van der Waals surface area contributed by atoms with Gasteiger partial charge in [-0.15, -0.1) is 0 Å². The first-order valence-electron chi connectivity index (χ1n) is 9.55. The van der Waals surface area contributed by atoms with E-state index in [1.807, 2.05) is 12.1 Å². The Morgan fingerprint density at radius 2 is 1.97 bits per heavy atom. The number of carbonyl (C=O) groups excluding carboxylic acids is 1. The summed E-state index contributed by atoms with van der Waals surface area (Å²) in [6.45, 7) is -0.565. The van der Waals surface area contributed by atoms with Gasteiger partial charge >= 0.3 is 5.97 Å². The van der Waals surface area contributed by atoms with Crippen LogP contribution in [-0.4, -0.2) is 61.1 Å². The van der Waals surface area contributed by atoms with E-state index in [-0.39, 0.29) is 31.0 Å². The number of fused-ring (bicyclic) bond motifs is 2. The molecule has 0 spiro atoms. The van der Waals surface area contributed by atoms with Crippen molar-refractivity contribution in [2.45, 2.75) is 23.9 Å². The number of sulfonamides is 1. The van der Waals surface area contributed by atoms with Crippen LogP contribution in [0.5, 0.6) is 0 Å². The van der Waals surface area contributed by atoms with Crippen molar-refractivity contribution in [2.75, 3.05) is 19.8 Å². The van der Waals surface area contributed by atoms with E-state index in [0.717, 1.165) is 15.8 Å². The zero-order chi connectivity index (χ0) is 21.5. The minimum absolute atomic E-state index is 0.000943. The molecule has 160 valence electrons. The number of amides is 1. The number of carboxylic acids is 1. The Hall–Kier alpha value is -2.57. The normalized spacial score (nSPS) is 27.5. The van der Waals surface area contributed by atoms with Crippen molar-refractivity contribution < 1.29 is 27.9 Å².